The van der Waals surface area contributed by atoms with Crippen molar-refractivity contribution in [3.05, 3.63) is 42.6 Å². The summed E-state index contributed by atoms with van der Waals surface area (Å²) < 4.78 is 2.35. The molecule has 5 nitrogen and oxygen atoms in total. The Morgan fingerprint density at radius 1 is 1.13 bits per heavy atom. The van der Waals surface area contributed by atoms with Gasteiger partial charge in [0, 0.05) is 44.1 Å². The molecular weight excluding hydrogens is 286 g/mol. The van der Waals surface area contributed by atoms with Gasteiger partial charge in [-0.05, 0) is 52.0 Å². The molecule has 1 saturated heterocycles. The molecule has 1 fully saturated rings. The Morgan fingerprint density at radius 2 is 1.96 bits per heavy atom. The number of rotatable bonds is 6. The second kappa shape index (κ2) is 7.59. The molecule has 3 heterocycles. The zero-order valence-corrected chi connectivity index (χ0v) is 14.2. The van der Waals surface area contributed by atoms with E-state index in [0.717, 1.165) is 44.8 Å². The molecule has 0 atom stereocenters. The Hall–Kier alpha value is -1.88. The summed E-state index contributed by atoms with van der Waals surface area (Å²) in [6.07, 6.45) is 9.44. The second-order valence-corrected chi connectivity index (χ2v) is 6.58. The van der Waals surface area contributed by atoms with Crippen LogP contribution in [0.4, 0.5) is 5.82 Å². The fourth-order valence-electron chi connectivity index (χ4n) is 3.33. The van der Waals surface area contributed by atoms with E-state index < -0.39 is 0 Å². The number of imidazole rings is 1. The predicted octanol–water partition coefficient (Wildman–Crippen LogP) is 2.61. The van der Waals surface area contributed by atoms with Gasteiger partial charge < -0.3 is 14.4 Å². The van der Waals surface area contributed by atoms with Gasteiger partial charge in [-0.1, -0.05) is 6.07 Å². The van der Waals surface area contributed by atoms with Crippen molar-refractivity contribution >= 4 is 5.82 Å². The van der Waals surface area contributed by atoms with Crippen molar-refractivity contribution in [3.63, 3.8) is 0 Å². The van der Waals surface area contributed by atoms with Crippen molar-refractivity contribution in [2.45, 2.75) is 31.7 Å². The maximum Gasteiger partial charge on any atom is 0.128 e. The number of aryl methyl sites for hydroxylation is 1. The minimum absolute atomic E-state index is 0.573. The van der Waals surface area contributed by atoms with Crippen molar-refractivity contribution in [2.24, 2.45) is 0 Å². The normalized spacial score (nSPS) is 16.2. The van der Waals surface area contributed by atoms with Crippen molar-refractivity contribution in [2.75, 3.05) is 38.6 Å². The van der Waals surface area contributed by atoms with Crippen molar-refractivity contribution < 1.29 is 0 Å². The molecule has 1 aliphatic heterocycles. The maximum atomic E-state index is 4.65. The maximum absolute atomic E-state index is 4.65. The number of hydrogen-bond donors (Lipinski definition) is 0. The number of anilines is 1. The molecule has 0 amide bonds. The van der Waals surface area contributed by atoms with Gasteiger partial charge in [0.1, 0.15) is 11.6 Å². The number of nitrogens with zero attached hydrogens (tertiary/aromatic N) is 5. The Kier molecular flexibility index (Phi) is 5.28. The summed E-state index contributed by atoms with van der Waals surface area (Å²) in [4.78, 5) is 13.7. The highest BCUT2D eigenvalue weighted by molar-refractivity contribution is 5.38. The molecule has 0 saturated carbocycles. The summed E-state index contributed by atoms with van der Waals surface area (Å²) in [6, 6.07) is 6.13. The number of aromatic nitrogens is 3. The predicted molar refractivity (Wildman–Crippen MR) is 93.8 cm³/mol. The van der Waals surface area contributed by atoms with Crippen LogP contribution in [0, 0.1) is 0 Å². The monoisotopic (exact) mass is 313 g/mol. The van der Waals surface area contributed by atoms with Crippen LogP contribution >= 0.6 is 0 Å². The number of hydrogen-bond acceptors (Lipinski definition) is 4. The van der Waals surface area contributed by atoms with E-state index in [2.05, 4.69) is 56.8 Å². The summed E-state index contributed by atoms with van der Waals surface area (Å²) in [5, 5.41) is 0. The quantitative estimate of drug-likeness (QED) is 0.821. The number of piperidine rings is 1. The molecular formula is C18H27N5. The smallest absolute Gasteiger partial charge is 0.128 e. The van der Waals surface area contributed by atoms with Gasteiger partial charge in [-0.3, -0.25) is 0 Å². The minimum atomic E-state index is 0.573. The second-order valence-electron chi connectivity index (χ2n) is 6.58. The van der Waals surface area contributed by atoms with Gasteiger partial charge in [0.25, 0.3) is 0 Å². The Bertz CT molecular complexity index is 584. The van der Waals surface area contributed by atoms with E-state index in [1.807, 2.05) is 18.5 Å². The SMILES string of the molecule is CN(C)CCCn1ccnc1C1CCN(c2ccccn2)CC1. The molecule has 2 aromatic rings. The van der Waals surface area contributed by atoms with E-state index in [9.17, 15) is 0 Å². The van der Waals surface area contributed by atoms with Crippen LogP contribution in [0.5, 0.6) is 0 Å². The average molecular weight is 313 g/mol. The first-order chi connectivity index (χ1) is 11.2. The fourth-order valence-corrected chi connectivity index (χ4v) is 3.33. The van der Waals surface area contributed by atoms with Crippen LogP contribution in [-0.4, -0.2) is 53.2 Å². The zero-order chi connectivity index (χ0) is 16.1. The zero-order valence-electron chi connectivity index (χ0n) is 14.2. The van der Waals surface area contributed by atoms with E-state index in [1.165, 1.54) is 12.2 Å². The van der Waals surface area contributed by atoms with Crippen LogP contribution < -0.4 is 4.90 Å². The van der Waals surface area contributed by atoms with Crippen LogP contribution in [0.2, 0.25) is 0 Å². The first-order valence-corrected chi connectivity index (χ1v) is 8.56. The first kappa shape index (κ1) is 16.0. The van der Waals surface area contributed by atoms with E-state index >= 15 is 0 Å². The lowest BCUT2D eigenvalue weighted by Crippen LogP contribution is -2.34. The number of pyridine rings is 1. The summed E-state index contributed by atoms with van der Waals surface area (Å²) in [5.41, 5.74) is 0. The molecule has 0 aliphatic carbocycles. The minimum Gasteiger partial charge on any atom is -0.357 e. The lowest BCUT2D eigenvalue weighted by molar-refractivity contribution is 0.380. The molecule has 0 bridgehead atoms. The van der Waals surface area contributed by atoms with Gasteiger partial charge in [0.15, 0.2) is 0 Å². The third kappa shape index (κ3) is 4.10. The molecule has 0 spiro atoms. The van der Waals surface area contributed by atoms with Gasteiger partial charge >= 0.3 is 0 Å². The topological polar surface area (TPSA) is 37.2 Å². The van der Waals surface area contributed by atoms with Crippen molar-refractivity contribution in [1.82, 2.24) is 19.4 Å². The van der Waals surface area contributed by atoms with Gasteiger partial charge in [-0.2, -0.15) is 0 Å². The summed E-state index contributed by atoms with van der Waals surface area (Å²) in [7, 11) is 4.25. The first-order valence-electron chi connectivity index (χ1n) is 8.56. The summed E-state index contributed by atoms with van der Waals surface area (Å²) in [6.45, 7) is 4.31. The molecule has 1 aliphatic rings. The van der Waals surface area contributed by atoms with Crippen LogP contribution in [0.1, 0.15) is 31.0 Å². The van der Waals surface area contributed by atoms with Crippen LogP contribution in [0.25, 0.3) is 0 Å². The third-order valence-corrected chi connectivity index (χ3v) is 4.59. The van der Waals surface area contributed by atoms with E-state index in [-0.39, 0.29) is 0 Å². The molecule has 0 unspecified atom stereocenters. The Labute approximate surface area is 139 Å². The van der Waals surface area contributed by atoms with E-state index in [1.54, 1.807) is 0 Å². The third-order valence-electron chi connectivity index (χ3n) is 4.59. The summed E-state index contributed by atoms with van der Waals surface area (Å²) >= 11 is 0. The van der Waals surface area contributed by atoms with Crippen LogP contribution in [0.15, 0.2) is 36.8 Å². The molecule has 0 N–H and O–H groups in total. The molecule has 0 aromatic carbocycles. The van der Waals surface area contributed by atoms with E-state index in [4.69, 9.17) is 0 Å². The highest BCUT2D eigenvalue weighted by atomic mass is 15.2. The van der Waals surface area contributed by atoms with Crippen molar-refractivity contribution in [1.29, 1.82) is 0 Å². The molecule has 5 heteroatoms. The largest absolute Gasteiger partial charge is 0.357 e. The lowest BCUT2D eigenvalue weighted by Gasteiger charge is -2.32. The van der Waals surface area contributed by atoms with Crippen LogP contribution in [0.3, 0.4) is 0 Å². The molecule has 124 valence electrons. The van der Waals surface area contributed by atoms with Crippen LogP contribution in [-0.2, 0) is 6.54 Å². The van der Waals surface area contributed by atoms with Gasteiger partial charge in [-0.25, -0.2) is 9.97 Å². The Balaban J connectivity index is 1.57. The highest BCUT2D eigenvalue weighted by Gasteiger charge is 2.24. The highest BCUT2D eigenvalue weighted by Crippen LogP contribution is 2.28. The Morgan fingerprint density at radius 3 is 2.65 bits per heavy atom. The molecule has 0 radical (unpaired) electrons. The fraction of sp³-hybridized carbons (Fsp3) is 0.556. The molecule has 2 aromatic heterocycles. The average Bonchev–Trinajstić information content (AvgIpc) is 3.04. The van der Waals surface area contributed by atoms with Gasteiger partial charge in [-0.15, -0.1) is 0 Å². The van der Waals surface area contributed by atoms with E-state index in [0.29, 0.717) is 5.92 Å². The molecule has 23 heavy (non-hydrogen) atoms. The standard InChI is InChI=1S/C18H27N5/c1-21(2)11-5-12-23-15-10-20-18(23)16-7-13-22(14-8-16)17-6-3-4-9-19-17/h3-4,6,9-10,15-16H,5,7-8,11-14H2,1-2H3. The lowest BCUT2D eigenvalue weighted by atomic mass is 9.96. The molecule has 3 rings (SSSR count). The van der Waals surface area contributed by atoms with Gasteiger partial charge in [0.2, 0.25) is 0 Å². The van der Waals surface area contributed by atoms with Gasteiger partial charge in [0.05, 0.1) is 0 Å². The van der Waals surface area contributed by atoms with Crippen molar-refractivity contribution in [3.8, 4) is 0 Å². The summed E-state index contributed by atoms with van der Waals surface area (Å²) in [5.74, 6) is 2.94.